The molecule has 7 nitrogen and oxygen atoms in total. The molecule has 1 atom stereocenters. The van der Waals surface area contributed by atoms with Crippen molar-refractivity contribution in [2.24, 2.45) is 11.7 Å². The molecule has 23 heavy (non-hydrogen) atoms. The van der Waals surface area contributed by atoms with Gasteiger partial charge in [0.25, 0.3) is 0 Å². The molecule has 1 aliphatic heterocycles. The van der Waals surface area contributed by atoms with E-state index in [1.54, 1.807) is 0 Å². The Labute approximate surface area is 134 Å². The molecule has 1 aromatic carbocycles. The van der Waals surface area contributed by atoms with Gasteiger partial charge in [-0.3, -0.25) is 9.69 Å². The molecule has 7 heteroatoms. The first kappa shape index (κ1) is 15.5. The second-order valence-electron chi connectivity index (χ2n) is 5.59. The fourth-order valence-electron chi connectivity index (χ4n) is 2.70. The highest BCUT2D eigenvalue weighted by Gasteiger charge is 2.27. The van der Waals surface area contributed by atoms with Gasteiger partial charge in [0, 0.05) is 12.1 Å². The number of hydrogen-bond acceptors (Lipinski definition) is 6. The molecule has 2 heterocycles. The van der Waals surface area contributed by atoms with Crippen LogP contribution < -0.4 is 10.5 Å². The highest BCUT2D eigenvalue weighted by Crippen LogP contribution is 2.22. The van der Waals surface area contributed by atoms with Gasteiger partial charge in [-0.15, -0.1) is 0 Å². The minimum atomic E-state index is -0.242. The van der Waals surface area contributed by atoms with Gasteiger partial charge >= 0.3 is 0 Å². The molecular weight excluding hydrogens is 296 g/mol. The first-order valence-corrected chi connectivity index (χ1v) is 7.73. The number of likely N-dealkylation sites (tertiary alicyclic amines) is 1. The summed E-state index contributed by atoms with van der Waals surface area (Å²) in [4.78, 5) is 17.7. The van der Waals surface area contributed by atoms with E-state index in [1.165, 1.54) is 0 Å². The van der Waals surface area contributed by atoms with Crippen LogP contribution in [0, 0.1) is 5.92 Å². The monoisotopic (exact) mass is 316 g/mol. The summed E-state index contributed by atoms with van der Waals surface area (Å²) in [5, 5.41) is 4.01. The van der Waals surface area contributed by atoms with Crippen molar-refractivity contribution in [3.63, 3.8) is 0 Å². The van der Waals surface area contributed by atoms with E-state index in [0.717, 1.165) is 24.3 Å². The van der Waals surface area contributed by atoms with Crippen molar-refractivity contribution in [1.29, 1.82) is 0 Å². The molecule has 0 spiro atoms. The summed E-state index contributed by atoms with van der Waals surface area (Å²) in [5.74, 6) is 1.58. The van der Waals surface area contributed by atoms with Crippen LogP contribution in [0.25, 0.3) is 11.4 Å². The molecule has 1 saturated heterocycles. The van der Waals surface area contributed by atoms with Crippen LogP contribution in [0.15, 0.2) is 28.8 Å². The van der Waals surface area contributed by atoms with Crippen LogP contribution in [-0.2, 0) is 11.3 Å². The Hall–Kier alpha value is -2.41. The Bertz CT molecular complexity index is 668. The summed E-state index contributed by atoms with van der Waals surface area (Å²) in [7, 11) is 0. The summed E-state index contributed by atoms with van der Waals surface area (Å²) in [5.41, 5.74) is 6.21. The van der Waals surface area contributed by atoms with E-state index in [1.807, 2.05) is 31.2 Å². The maximum Gasteiger partial charge on any atom is 0.241 e. The summed E-state index contributed by atoms with van der Waals surface area (Å²) < 4.78 is 10.7. The van der Waals surface area contributed by atoms with E-state index < -0.39 is 0 Å². The number of carbonyl (C=O) groups excluding carboxylic acids is 1. The van der Waals surface area contributed by atoms with Gasteiger partial charge in [-0.2, -0.15) is 4.98 Å². The molecule has 0 saturated carbocycles. The fraction of sp³-hybridized carbons (Fsp3) is 0.438. The molecule has 3 rings (SSSR count). The van der Waals surface area contributed by atoms with Crippen LogP contribution in [-0.4, -0.2) is 40.6 Å². The Morgan fingerprint density at radius 1 is 1.43 bits per heavy atom. The molecule has 0 bridgehead atoms. The molecule has 1 amide bonds. The van der Waals surface area contributed by atoms with Crippen molar-refractivity contribution in [3.8, 4) is 17.1 Å². The highest BCUT2D eigenvalue weighted by molar-refractivity contribution is 5.77. The highest BCUT2D eigenvalue weighted by atomic mass is 16.5. The van der Waals surface area contributed by atoms with Crippen molar-refractivity contribution >= 4 is 5.91 Å². The fourth-order valence-corrected chi connectivity index (χ4v) is 2.70. The van der Waals surface area contributed by atoms with E-state index in [9.17, 15) is 4.79 Å². The second-order valence-corrected chi connectivity index (χ2v) is 5.59. The number of aromatic nitrogens is 2. The number of nitrogens with two attached hydrogens (primary N) is 1. The SMILES string of the molecule is CCOc1ccc(-c2noc(CN3CC[C@@H](C(N)=O)C3)n2)cc1. The Morgan fingerprint density at radius 3 is 2.87 bits per heavy atom. The Morgan fingerprint density at radius 2 is 2.22 bits per heavy atom. The standard InChI is InChI=1S/C16H20N4O3/c1-2-22-13-5-3-11(4-6-13)16-18-14(23-19-16)10-20-8-7-12(9-20)15(17)21/h3-6,12H,2,7-10H2,1H3,(H2,17,21)/t12-/m1/s1. The van der Waals surface area contributed by atoms with Gasteiger partial charge in [0.15, 0.2) is 0 Å². The van der Waals surface area contributed by atoms with Crippen molar-refractivity contribution in [2.75, 3.05) is 19.7 Å². The van der Waals surface area contributed by atoms with Crippen LogP contribution in [0.3, 0.4) is 0 Å². The first-order chi connectivity index (χ1) is 11.2. The van der Waals surface area contributed by atoms with Crippen LogP contribution in [0.5, 0.6) is 5.75 Å². The zero-order chi connectivity index (χ0) is 16.2. The van der Waals surface area contributed by atoms with E-state index >= 15 is 0 Å². The van der Waals surface area contributed by atoms with E-state index in [4.69, 9.17) is 15.0 Å². The lowest BCUT2D eigenvalue weighted by atomic mass is 10.1. The van der Waals surface area contributed by atoms with Gasteiger partial charge in [-0.05, 0) is 44.2 Å². The zero-order valence-electron chi connectivity index (χ0n) is 13.1. The molecule has 1 fully saturated rings. The summed E-state index contributed by atoms with van der Waals surface area (Å²) in [6.45, 7) is 4.58. The maximum atomic E-state index is 11.2. The van der Waals surface area contributed by atoms with Crippen molar-refractivity contribution in [3.05, 3.63) is 30.2 Å². The largest absolute Gasteiger partial charge is 0.494 e. The molecule has 122 valence electrons. The number of hydrogen-bond donors (Lipinski definition) is 1. The molecule has 1 aliphatic rings. The topological polar surface area (TPSA) is 94.5 Å². The van der Waals surface area contributed by atoms with Crippen molar-refractivity contribution < 1.29 is 14.1 Å². The van der Waals surface area contributed by atoms with Crippen molar-refractivity contribution in [2.45, 2.75) is 19.9 Å². The normalized spacial score (nSPS) is 18.2. The lowest BCUT2D eigenvalue weighted by Crippen LogP contribution is -2.27. The average molecular weight is 316 g/mol. The number of benzene rings is 1. The molecular formula is C16H20N4O3. The third kappa shape index (κ3) is 3.68. The number of ether oxygens (including phenoxy) is 1. The molecule has 0 radical (unpaired) electrons. The average Bonchev–Trinajstić information content (AvgIpc) is 3.18. The molecule has 0 unspecified atom stereocenters. The predicted octanol–water partition coefficient (Wildman–Crippen LogP) is 1.44. The molecule has 2 aromatic rings. The maximum absolute atomic E-state index is 11.2. The van der Waals surface area contributed by atoms with Gasteiger partial charge < -0.3 is 15.0 Å². The number of nitrogens with zero attached hydrogens (tertiary/aromatic N) is 3. The summed E-state index contributed by atoms with van der Waals surface area (Å²) >= 11 is 0. The van der Waals surface area contributed by atoms with Gasteiger partial charge in [0.2, 0.25) is 17.6 Å². The molecule has 1 aromatic heterocycles. The quantitative estimate of drug-likeness (QED) is 0.866. The summed E-state index contributed by atoms with van der Waals surface area (Å²) in [6.07, 6.45) is 0.787. The number of rotatable bonds is 6. The van der Waals surface area contributed by atoms with Gasteiger partial charge in [0.1, 0.15) is 5.75 Å². The third-order valence-electron chi connectivity index (χ3n) is 3.93. The van der Waals surface area contributed by atoms with Crippen LogP contribution in [0.4, 0.5) is 0 Å². The third-order valence-corrected chi connectivity index (χ3v) is 3.93. The van der Waals surface area contributed by atoms with Gasteiger partial charge in [-0.25, -0.2) is 0 Å². The van der Waals surface area contributed by atoms with Crippen molar-refractivity contribution in [1.82, 2.24) is 15.0 Å². The van der Waals surface area contributed by atoms with Crippen LogP contribution in [0.1, 0.15) is 19.2 Å². The summed E-state index contributed by atoms with van der Waals surface area (Å²) in [6, 6.07) is 7.57. The lowest BCUT2D eigenvalue weighted by molar-refractivity contribution is -0.121. The number of carbonyl (C=O) groups is 1. The van der Waals surface area contributed by atoms with Gasteiger partial charge in [0.05, 0.1) is 19.1 Å². The Kier molecular flexibility index (Phi) is 4.57. The molecule has 2 N–H and O–H groups in total. The number of amides is 1. The first-order valence-electron chi connectivity index (χ1n) is 7.73. The van der Waals surface area contributed by atoms with E-state index in [0.29, 0.717) is 31.4 Å². The number of primary amides is 1. The predicted molar refractivity (Wildman–Crippen MR) is 83.5 cm³/mol. The second kappa shape index (κ2) is 6.78. The van der Waals surface area contributed by atoms with E-state index in [2.05, 4.69) is 15.0 Å². The molecule has 0 aliphatic carbocycles. The van der Waals surface area contributed by atoms with Gasteiger partial charge in [-0.1, -0.05) is 5.16 Å². The smallest absolute Gasteiger partial charge is 0.241 e. The van der Waals surface area contributed by atoms with Crippen LogP contribution in [0.2, 0.25) is 0 Å². The zero-order valence-corrected chi connectivity index (χ0v) is 13.1. The van der Waals surface area contributed by atoms with Crippen LogP contribution >= 0.6 is 0 Å². The van der Waals surface area contributed by atoms with E-state index in [-0.39, 0.29) is 11.8 Å². The lowest BCUT2D eigenvalue weighted by Gasteiger charge is -2.11. The Balaban J connectivity index is 1.63. The minimum Gasteiger partial charge on any atom is -0.494 e. The minimum absolute atomic E-state index is 0.0801.